The van der Waals surface area contributed by atoms with Gasteiger partial charge in [0.2, 0.25) is 5.91 Å². The summed E-state index contributed by atoms with van der Waals surface area (Å²) in [5.41, 5.74) is 3.47. The maximum Gasteiger partial charge on any atom is 0.341 e. The molecule has 0 fully saturated rings. The van der Waals surface area contributed by atoms with Crippen LogP contribution in [-0.4, -0.2) is 44.5 Å². The summed E-state index contributed by atoms with van der Waals surface area (Å²) in [5.74, 6) is -0.284. The van der Waals surface area contributed by atoms with E-state index in [1.54, 1.807) is 73.7 Å². The van der Waals surface area contributed by atoms with E-state index in [1.165, 1.54) is 43.4 Å². The number of carbonyl (C=O) groups excluding carboxylic acids is 4. The quantitative estimate of drug-likeness (QED) is 0.0578. The molecule has 2 atom stereocenters. The Labute approximate surface area is 334 Å². The maximum atomic E-state index is 14.3. The van der Waals surface area contributed by atoms with E-state index in [-0.39, 0.29) is 18.2 Å². The standard InChI is InChI=1S/C44H43N3O7S2/c1-5-54-44(51)38-34-21-19-27(2)23-37(34)56-43(38)47-42(50)39(28-13-8-6-9-14-28)55-33-18-12-17-31(26-33)45-41(49)35(46-40(48)29-15-10-7-11-16-29)25-30-24-32(52-3)20-22-36(30)53-4/h6-18,20,22,24-27,39H,5,19,21,23H2,1-4H3,(H,45,49)(H,46,48)(H,47,50)/b35-25+. The van der Waals surface area contributed by atoms with Crippen molar-refractivity contribution in [2.24, 2.45) is 5.92 Å². The number of thioether (sulfide) groups is 1. The van der Waals surface area contributed by atoms with Crippen LogP contribution in [0.3, 0.4) is 0 Å². The summed E-state index contributed by atoms with van der Waals surface area (Å²) in [6.07, 6.45) is 4.09. The molecule has 6 rings (SSSR count). The van der Waals surface area contributed by atoms with Crippen molar-refractivity contribution in [2.75, 3.05) is 31.5 Å². The molecule has 4 aromatic carbocycles. The van der Waals surface area contributed by atoms with Gasteiger partial charge in [0.05, 0.1) is 26.4 Å². The zero-order valence-corrected chi connectivity index (χ0v) is 33.2. The highest BCUT2D eigenvalue weighted by Crippen LogP contribution is 2.42. The number of amides is 3. The van der Waals surface area contributed by atoms with Crippen molar-refractivity contribution in [3.63, 3.8) is 0 Å². The first kappa shape index (κ1) is 39.8. The van der Waals surface area contributed by atoms with E-state index in [0.29, 0.717) is 49.7 Å². The molecular formula is C44H43N3O7S2. The fourth-order valence-electron chi connectivity index (χ4n) is 6.37. The van der Waals surface area contributed by atoms with Crippen molar-refractivity contribution in [1.82, 2.24) is 5.32 Å². The van der Waals surface area contributed by atoms with Crippen LogP contribution in [0.1, 0.15) is 67.8 Å². The third kappa shape index (κ3) is 9.68. The lowest BCUT2D eigenvalue weighted by molar-refractivity contribution is -0.116. The summed E-state index contributed by atoms with van der Waals surface area (Å²) in [4.78, 5) is 56.5. The summed E-state index contributed by atoms with van der Waals surface area (Å²) >= 11 is 2.76. The number of carbonyl (C=O) groups is 4. The first-order chi connectivity index (χ1) is 27.2. The van der Waals surface area contributed by atoms with Crippen LogP contribution < -0.4 is 25.4 Å². The zero-order valence-electron chi connectivity index (χ0n) is 31.5. The summed E-state index contributed by atoms with van der Waals surface area (Å²) in [5, 5.41) is 8.56. The topological polar surface area (TPSA) is 132 Å². The first-order valence-corrected chi connectivity index (χ1v) is 19.9. The molecule has 1 aliphatic rings. The largest absolute Gasteiger partial charge is 0.497 e. The molecule has 1 heterocycles. The molecular weight excluding hydrogens is 747 g/mol. The number of methoxy groups -OCH3 is 2. The fourth-order valence-corrected chi connectivity index (χ4v) is 8.85. The molecule has 0 radical (unpaired) electrons. The molecule has 56 heavy (non-hydrogen) atoms. The van der Waals surface area contributed by atoms with Gasteiger partial charge in [-0.15, -0.1) is 23.1 Å². The molecule has 12 heteroatoms. The van der Waals surface area contributed by atoms with Crippen LogP contribution in [0.2, 0.25) is 0 Å². The predicted octanol–water partition coefficient (Wildman–Crippen LogP) is 8.95. The van der Waals surface area contributed by atoms with Crippen LogP contribution in [-0.2, 0) is 27.2 Å². The van der Waals surface area contributed by atoms with E-state index in [0.717, 1.165) is 35.3 Å². The Morgan fingerprint density at radius 3 is 2.36 bits per heavy atom. The second kappa shape index (κ2) is 18.7. The summed E-state index contributed by atoms with van der Waals surface area (Å²) in [6, 6.07) is 30.3. The number of esters is 1. The van der Waals surface area contributed by atoms with E-state index in [1.807, 2.05) is 36.4 Å². The molecule has 1 aliphatic carbocycles. The third-order valence-corrected chi connectivity index (χ3v) is 11.6. The van der Waals surface area contributed by atoms with Crippen molar-refractivity contribution < 1.29 is 33.4 Å². The highest BCUT2D eigenvalue weighted by Gasteiger charge is 2.31. The van der Waals surface area contributed by atoms with Crippen LogP contribution in [0.15, 0.2) is 114 Å². The molecule has 1 aromatic heterocycles. The van der Waals surface area contributed by atoms with E-state index < -0.39 is 23.0 Å². The van der Waals surface area contributed by atoms with Crippen LogP contribution in [0.5, 0.6) is 11.5 Å². The van der Waals surface area contributed by atoms with Crippen molar-refractivity contribution in [3.8, 4) is 11.5 Å². The fraction of sp³-hybridized carbons (Fsp3) is 0.227. The number of benzene rings is 4. The number of thiophene rings is 1. The van der Waals surface area contributed by atoms with Gasteiger partial charge in [0.25, 0.3) is 11.8 Å². The van der Waals surface area contributed by atoms with Gasteiger partial charge in [-0.05, 0) is 97.8 Å². The predicted molar refractivity (Wildman–Crippen MR) is 222 cm³/mol. The van der Waals surface area contributed by atoms with Gasteiger partial charge in [-0.25, -0.2) is 4.79 Å². The van der Waals surface area contributed by atoms with Crippen LogP contribution in [0, 0.1) is 5.92 Å². The van der Waals surface area contributed by atoms with Crippen molar-refractivity contribution in [2.45, 2.75) is 43.3 Å². The second-order valence-electron chi connectivity index (χ2n) is 13.1. The van der Waals surface area contributed by atoms with E-state index in [4.69, 9.17) is 14.2 Å². The zero-order chi connectivity index (χ0) is 39.6. The molecule has 3 N–H and O–H groups in total. The maximum absolute atomic E-state index is 14.3. The Hall–Kier alpha value is -5.85. The van der Waals surface area contributed by atoms with Crippen LogP contribution in [0.25, 0.3) is 6.08 Å². The first-order valence-electron chi connectivity index (χ1n) is 18.2. The van der Waals surface area contributed by atoms with Crippen molar-refractivity contribution >= 4 is 63.6 Å². The monoisotopic (exact) mass is 789 g/mol. The lowest BCUT2D eigenvalue weighted by Crippen LogP contribution is -2.30. The molecule has 0 aliphatic heterocycles. The number of rotatable bonds is 14. The average molecular weight is 790 g/mol. The summed E-state index contributed by atoms with van der Waals surface area (Å²) < 4.78 is 16.4. The highest BCUT2D eigenvalue weighted by molar-refractivity contribution is 8.00. The van der Waals surface area contributed by atoms with Crippen LogP contribution >= 0.6 is 23.1 Å². The molecule has 0 saturated heterocycles. The number of ether oxygens (including phenoxy) is 3. The number of anilines is 2. The molecule has 5 aromatic rings. The molecule has 3 amide bonds. The Kier molecular flexibility index (Phi) is 13.3. The molecule has 10 nitrogen and oxygen atoms in total. The van der Waals surface area contributed by atoms with Gasteiger partial charge in [-0.2, -0.15) is 0 Å². The second-order valence-corrected chi connectivity index (χ2v) is 15.4. The minimum absolute atomic E-state index is 0.0320. The SMILES string of the molecule is CCOC(=O)c1c(NC(=O)C(Sc2cccc(NC(=O)/C(=C\c3cc(OC)ccc3OC)NC(=O)c3ccccc3)c2)c2ccccc2)sc2c1CCC(C)C2. The van der Waals surface area contributed by atoms with Gasteiger partial charge in [-0.1, -0.05) is 61.5 Å². The van der Waals surface area contributed by atoms with E-state index in [9.17, 15) is 19.2 Å². The number of nitrogens with one attached hydrogen (secondary N) is 3. The van der Waals surface area contributed by atoms with Crippen molar-refractivity contribution in [3.05, 3.63) is 142 Å². The molecule has 2 unspecified atom stereocenters. The molecule has 288 valence electrons. The Balaban J connectivity index is 1.28. The van der Waals surface area contributed by atoms with Gasteiger partial charge in [-0.3, -0.25) is 14.4 Å². The molecule has 0 spiro atoms. The van der Waals surface area contributed by atoms with Gasteiger partial charge < -0.3 is 30.2 Å². The third-order valence-electron chi connectivity index (χ3n) is 9.18. The smallest absolute Gasteiger partial charge is 0.341 e. The number of fused-ring (bicyclic) bond motifs is 1. The Morgan fingerprint density at radius 2 is 1.64 bits per heavy atom. The van der Waals surface area contributed by atoms with Gasteiger partial charge in [0.1, 0.15) is 27.4 Å². The van der Waals surface area contributed by atoms with Gasteiger partial charge >= 0.3 is 5.97 Å². The Morgan fingerprint density at radius 1 is 0.893 bits per heavy atom. The summed E-state index contributed by atoms with van der Waals surface area (Å²) in [7, 11) is 3.05. The lowest BCUT2D eigenvalue weighted by atomic mass is 9.88. The average Bonchev–Trinajstić information content (AvgIpc) is 3.57. The van der Waals surface area contributed by atoms with Crippen molar-refractivity contribution in [1.29, 1.82) is 0 Å². The number of hydrogen-bond acceptors (Lipinski definition) is 9. The van der Waals surface area contributed by atoms with E-state index in [2.05, 4.69) is 22.9 Å². The number of hydrogen-bond donors (Lipinski definition) is 3. The normalized spacial score (nSPS) is 14.1. The highest BCUT2D eigenvalue weighted by atomic mass is 32.2. The van der Waals surface area contributed by atoms with Gasteiger partial charge in [0.15, 0.2) is 0 Å². The van der Waals surface area contributed by atoms with Crippen LogP contribution in [0.4, 0.5) is 10.7 Å². The molecule has 0 bridgehead atoms. The minimum Gasteiger partial charge on any atom is -0.497 e. The van der Waals surface area contributed by atoms with E-state index >= 15 is 0 Å². The van der Waals surface area contributed by atoms with Gasteiger partial charge in [0, 0.05) is 26.6 Å². The Bertz CT molecular complexity index is 2240. The minimum atomic E-state index is -0.712. The molecule has 0 saturated carbocycles. The summed E-state index contributed by atoms with van der Waals surface area (Å²) in [6.45, 7) is 4.19. The lowest BCUT2D eigenvalue weighted by Gasteiger charge is -2.19.